The maximum atomic E-state index is 4.95. The third-order valence-electron chi connectivity index (χ3n) is 5.47. The molecule has 1 aliphatic carbocycles. The second kappa shape index (κ2) is 5.65. The number of fused-ring (bicyclic) bond motifs is 1. The molecule has 0 N–H and O–H groups in total. The molecule has 1 saturated carbocycles. The normalized spacial score (nSPS) is 23.5. The van der Waals surface area contributed by atoms with Crippen LogP contribution in [0.2, 0.25) is 0 Å². The van der Waals surface area contributed by atoms with Crippen molar-refractivity contribution >= 4 is 11.2 Å². The average Bonchev–Trinajstić information content (AvgIpc) is 3.03. The van der Waals surface area contributed by atoms with E-state index in [2.05, 4.69) is 34.4 Å². The fourth-order valence-electron chi connectivity index (χ4n) is 4.12. The van der Waals surface area contributed by atoms with Gasteiger partial charge in [-0.2, -0.15) is 0 Å². The van der Waals surface area contributed by atoms with Crippen molar-refractivity contribution in [2.24, 2.45) is 0 Å². The van der Waals surface area contributed by atoms with Gasteiger partial charge >= 0.3 is 0 Å². The first-order chi connectivity index (χ1) is 10.7. The molecule has 2 aromatic rings. The zero-order chi connectivity index (χ0) is 15.1. The maximum absolute atomic E-state index is 4.95. The van der Waals surface area contributed by atoms with E-state index in [4.69, 9.17) is 4.98 Å². The summed E-state index contributed by atoms with van der Waals surface area (Å²) >= 11 is 0. The van der Waals surface area contributed by atoms with Gasteiger partial charge < -0.3 is 4.57 Å². The molecule has 4 heteroatoms. The average molecular weight is 298 g/mol. The fraction of sp³-hybridized carbons (Fsp3) is 0.667. The van der Waals surface area contributed by atoms with Crippen LogP contribution >= 0.6 is 0 Å². The minimum Gasteiger partial charge on any atom is -0.310 e. The molecule has 4 rings (SSSR count). The largest absolute Gasteiger partial charge is 0.310 e. The van der Waals surface area contributed by atoms with E-state index in [1.807, 2.05) is 12.3 Å². The Bertz CT molecular complexity index is 656. The molecule has 3 heterocycles. The van der Waals surface area contributed by atoms with Gasteiger partial charge in [0.25, 0.3) is 0 Å². The van der Waals surface area contributed by atoms with Gasteiger partial charge in [0.1, 0.15) is 11.3 Å². The first-order valence-electron chi connectivity index (χ1n) is 8.81. The second-order valence-corrected chi connectivity index (χ2v) is 7.16. The van der Waals surface area contributed by atoms with Crippen molar-refractivity contribution in [1.29, 1.82) is 0 Å². The molecular formula is C18H26N4. The standard InChI is InChI=1S/C18H26N4/c1-13(2)21-11-5-8-15(21)12-17-20-16-9-4-10-19-18(16)22(17)14-6-3-7-14/h4,9-10,13-15H,3,5-8,11-12H2,1-2H3. The van der Waals surface area contributed by atoms with Gasteiger partial charge in [-0.05, 0) is 64.6 Å². The number of imidazole rings is 1. The van der Waals surface area contributed by atoms with E-state index >= 15 is 0 Å². The van der Waals surface area contributed by atoms with Gasteiger partial charge in [0.05, 0.1) is 0 Å². The molecule has 0 aromatic carbocycles. The van der Waals surface area contributed by atoms with Crippen LogP contribution in [-0.4, -0.2) is 38.1 Å². The molecule has 1 aliphatic heterocycles. The predicted molar refractivity (Wildman–Crippen MR) is 89.0 cm³/mol. The van der Waals surface area contributed by atoms with E-state index in [9.17, 15) is 0 Å². The van der Waals surface area contributed by atoms with Crippen LogP contribution in [0.25, 0.3) is 11.2 Å². The summed E-state index contributed by atoms with van der Waals surface area (Å²) < 4.78 is 2.45. The molecule has 4 nitrogen and oxygen atoms in total. The number of aromatic nitrogens is 3. The molecule has 118 valence electrons. The molecule has 0 bridgehead atoms. The highest BCUT2D eigenvalue weighted by molar-refractivity contribution is 5.71. The lowest BCUT2D eigenvalue weighted by molar-refractivity contribution is 0.197. The zero-order valence-corrected chi connectivity index (χ0v) is 13.7. The Labute approximate surface area is 132 Å². The number of pyridine rings is 1. The molecule has 22 heavy (non-hydrogen) atoms. The Kier molecular flexibility index (Phi) is 3.65. The Morgan fingerprint density at radius 3 is 2.82 bits per heavy atom. The highest BCUT2D eigenvalue weighted by Crippen LogP contribution is 2.36. The van der Waals surface area contributed by atoms with E-state index in [-0.39, 0.29) is 0 Å². The minimum absolute atomic E-state index is 0.629. The molecule has 0 spiro atoms. The number of hydrogen-bond acceptors (Lipinski definition) is 3. The summed E-state index contributed by atoms with van der Waals surface area (Å²) in [6.07, 6.45) is 9.52. The second-order valence-electron chi connectivity index (χ2n) is 7.16. The Morgan fingerprint density at radius 2 is 2.09 bits per heavy atom. The minimum atomic E-state index is 0.629. The third-order valence-corrected chi connectivity index (χ3v) is 5.47. The number of nitrogens with zero attached hydrogens (tertiary/aromatic N) is 4. The van der Waals surface area contributed by atoms with Crippen LogP contribution in [0.5, 0.6) is 0 Å². The van der Waals surface area contributed by atoms with Crippen molar-refractivity contribution in [3.63, 3.8) is 0 Å². The van der Waals surface area contributed by atoms with Crippen LogP contribution in [0.1, 0.15) is 57.8 Å². The summed E-state index contributed by atoms with van der Waals surface area (Å²) in [6.45, 7) is 5.87. The van der Waals surface area contributed by atoms with Gasteiger partial charge in [0.2, 0.25) is 0 Å². The lowest BCUT2D eigenvalue weighted by Gasteiger charge is -2.31. The molecule has 1 saturated heterocycles. The van der Waals surface area contributed by atoms with Crippen LogP contribution in [0.15, 0.2) is 18.3 Å². The number of likely N-dealkylation sites (tertiary alicyclic amines) is 1. The molecule has 1 atom stereocenters. The third kappa shape index (κ3) is 2.34. The first-order valence-corrected chi connectivity index (χ1v) is 8.81. The van der Waals surface area contributed by atoms with Crippen molar-refractivity contribution < 1.29 is 0 Å². The van der Waals surface area contributed by atoms with Crippen LogP contribution in [0.4, 0.5) is 0 Å². The van der Waals surface area contributed by atoms with Gasteiger partial charge in [0.15, 0.2) is 5.65 Å². The zero-order valence-electron chi connectivity index (χ0n) is 13.7. The lowest BCUT2D eigenvalue weighted by Crippen LogP contribution is -2.37. The van der Waals surface area contributed by atoms with E-state index in [1.165, 1.54) is 44.5 Å². The number of hydrogen-bond donors (Lipinski definition) is 0. The van der Waals surface area contributed by atoms with E-state index in [0.717, 1.165) is 17.6 Å². The predicted octanol–water partition coefficient (Wildman–Crippen LogP) is 3.57. The van der Waals surface area contributed by atoms with Crippen LogP contribution in [0, 0.1) is 0 Å². The number of rotatable bonds is 4. The van der Waals surface area contributed by atoms with Crippen LogP contribution in [0.3, 0.4) is 0 Å². The van der Waals surface area contributed by atoms with Gasteiger partial charge in [-0.3, -0.25) is 4.90 Å². The van der Waals surface area contributed by atoms with Gasteiger partial charge in [-0.1, -0.05) is 0 Å². The van der Waals surface area contributed by atoms with Crippen molar-refractivity contribution in [3.05, 3.63) is 24.2 Å². The quantitative estimate of drug-likeness (QED) is 0.865. The summed E-state index contributed by atoms with van der Waals surface area (Å²) in [6, 6.07) is 6.02. The topological polar surface area (TPSA) is 34.0 Å². The van der Waals surface area contributed by atoms with Gasteiger partial charge in [0, 0.05) is 30.7 Å². The van der Waals surface area contributed by atoms with Crippen molar-refractivity contribution in [2.45, 2.75) is 70.5 Å². The van der Waals surface area contributed by atoms with E-state index in [1.54, 1.807) is 0 Å². The van der Waals surface area contributed by atoms with Crippen molar-refractivity contribution in [2.75, 3.05) is 6.54 Å². The first kappa shape index (κ1) is 14.2. The summed E-state index contributed by atoms with van der Waals surface area (Å²) in [7, 11) is 0. The molecule has 2 fully saturated rings. The Balaban J connectivity index is 1.68. The highest BCUT2D eigenvalue weighted by atomic mass is 15.2. The summed E-state index contributed by atoms with van der Waals surface area (Å²) in [5, 5.41) is 0. The summed E-state index contributed by atoms with van der Waals surface area (Å²) in [4.78, 5) is 12.2. The smallest absolute Gasteiger partial charge is 0.160 e. The molecule has 0 radical (unpaired) electrons. The fourth-order valence-corrected chi connectivity index (χ4v) is 4.12. The van der Waals surface area contributed by atoms with Gasteiger partial charge in [-0.15, -0.1) is 0 Å². The van der Waals surface area contributed by atoms with Gasteiger partial charge in [-0.25, -0.2) is 9.97 Å². The Hall–Kier alpha value is -1.42. The lowest BCUT2D eigenvalue weighted by atomic mass is 9.92. The molecular weight excluding hydrogens is 272 g/mol. The van der Waals surface area contributed by atoms with Crippen molar-refractivity contribution in [3.8, 4) is 0 Å². The maximum Gasteiger partial charge on any atom is 0.160 e. The van der Waals surface area contributed by atoms with Crippen LogP contribution in [-0.2, 0) is 6.42 Å². The molecule has 2 aliphatic rings. The van der Waals surface area contributed by atoms with E-state index in [0.29, 0.717) is 18.1 Å². The van der Waals surface area contributed by atoms with E-state index < -0.39 is 0 Å². The summed E-state index contributed by atoms with van der Waals surface area (Å²) in [5.74, 6) is 1.26. The van der Waals surface area contributed by atoms with Crippen LogP contribution < -0.4 is 0 Å². The summed E-state index contributed by atoms with van der Waals surface area (Å²) in [5.41, 5.74) is 2.16. The monoisotopic (exact) mass is 298 g/mol. The molecule has 1 unspecified atom stereocenters. The molecule has 2 aromatic heterocycles. The SMILES string of the molecule is CC(C)N1CCCC1Cc1nc2cccnc2n1C1CCC1. The Morgan fingerprint density at radius 1 is 1.23 bits per heavy atom. The molecule has 0 amide bonds. The highest BCUT2D eigenvalue weighted by Gasteiger charge is 2.31. The van der Waals surface area contributed by atoms with Crippen molar-refractivity contribution in [1.82, 2.24) is 19.4 Å².